The van der Waals surface area contributed by atoms with E-state index in [-0.39, 0.29) is 29.9 Å². The van der Waals surface area contributed by atoms with Gasteiger partial charge in [-0.15, -0.1) is 0 Å². The van der Waals surface area contributed by atoms with E-state index in [1.807, 2.05) is 19.1 Å². The van der Waals surface area contributed by atoms with Crippen LogP contribution in [0.2, 0.25) is 0 Å². The van der Waals surface area contributed by atoms with E-state index in [0.29, 0.717) is 20.9 Å². The molecule has 2 atom stereocenters. The van der Waals surface area contributed by atoms with Crippen molar-refractivity contribution in [2.75, 3.05) is 13.1 Å². The Morgan fingerprint density at radius 1 is 1.27 bits per heavy atom. The number of aryl methyl sites for hydroxylation is 1. The summed E-state index contributed by atoms with van der Waals surface area (Å²) in [5, 5.41) is 12.3. The van der Waals surface area contributed by atoms with E-state index in [9.17, 15) is 18.5 Å². The van der Waals surface area contributed by atoms with Crippen LogP contribution in [-0.4, -0.2) is 44.4 Å². The molecule has 1 heterocycles. The van der Waals surface area contributed by atoms with Crippen molar-refractivity contribution < 1.29 is 13.2 Å². The SMILES string of the molecule is Cc1cccc(C(=O)NC[C@H]2C[C@@H](NS(=O)(=O)c3cc(Br)ccc3Br)CN2C#N)c1. The van der Waals surface area contributed by atoms with Crippen molar-refractivity contribution in [1.29, 1.82) is 5.26 Å². The number of nitriles is 1. The van der Waals surface area contributed by atoms with Gasteiger partial charge in [0, 0.05) is 33.6 Å². The van der Waals surface area contributed by atoms with Gasteiger partial charge in [0.05, 0.1) is 10.9 Å². The van der Waals surface area contributed by atoms with Crippen LogP contribution in [0.5, 0.6) is 0 Å². The Kier molecular flexibility index (Phi) is 7.18. The highest BCUT2D eigenvalue weighted by atomic mass is 79.9. The number of benzene rings is 2. The summed E-state index contributed by atoms with van der Waals surface area (Å²) in [5.74, 6) is -0.223. The summed E-state index contributed by atoms with van der Waals surface area (Å²) in [6.07, 6.45) is 2.50. The number of carbonyl (C=O) groups excluding carboxylic acids is 1. The van der Waals surface area contributed by atoms with E-state index in [0.717, 1.165) is 5.56 Å². The van der Waals surface area contributed by atoms with Gasteiger partial charge in [0.2, 0.25) is 10.0 Å². The summed E-state index contributed by atoms with van der Waals surface area (Å²) in [6.45, 7) is 2.40. The fourth-order valence-electron chi connectivity index (χ4n) is 3.38. The molecule has 30 heavy (non-hydrogen) atoms. The topological polar surface area (TPSA) is 102 Å². The zero-order chi connectivity index (χ0) is 21.9. The van der Waals surface area contributed by atoms with Crippen molar-refractivity contribution in [1.82, 2.24) is 14.9 Å². The highest BCUT2D eigenvalue weighted by Gasteiger charge is 2.35. The fourth-order valence-corrected chi connectivity index (χ4v) is 6.12. The smallest absolute Gasteiger partial charge is 0.251 e. The molecular formula is C20H20Br2N4O3S. The van der Waals surface area contributed by atoms with Gasteiger partial charge < -0.3 is 10.2 Å². The third kappa shape index (κ3) is 5.40. The van der Waals surface area contributed by atoms with Crippen LogP contribution in [0.3, 0.4) is 0 Å². The zero-order valence-electron chi connectivity index (χ0n) is 16.1. The van der Waals surface area contributed by atoms with Gasteiger partial charge in [0.1, 0.15) is 0 Å². The molecule has 1 aliphatic heterocycles. The number of rotatable bonds is 6. The van der Waals surface area contributed by atoms with Crippen molar-refractivity contribution in [3.8, 4) is 6.19 Å². The number of halogens is 2. The Labute approximate surface area is 192 Å². The molecule has 2 aromatic rings. The Hall–Kier alpha value is -1.93. The fraction of sp³-hybridized carbons (Fsp3) is 0.300. The van der Waals surface area contributed by atoms with Gasteiger partial charge in [0.15, 0.2) is 6.19 Å². The minimum atomic E-state index is -3.78. The van der Waals surface area contributed by atoms with Crippen LogP contribution in [0.4, 0.5) is 0 Å². The average molecular weight is 556 g/mol. The quantitative estimate of drug-likeness (QED) is 0.533. The first-order chi connectivity index (χ1) is 14.2. The lowest BCUT2D eigenvalue weighted by Crippen LogP contribution is -2.38. The number of likely N-dealkylation sites (tertiary alicyclic amines) is 1. The van der Waals surface area contributed by atoms with E-state index in [4.69, 9.17) is 0 Å². The van der Waals surface area contributed by atoms with Gasteiger partial charge in [-0.2, -0.15) is 5.26 Å². The molecule has 1 aliphatic rings. The minimum absolute atomic E-state index is 0.122. The van der Waals surface area contributed by atoms with Crippen LogP contribution in [0.25, 0.3) is 0 Å². The highest BCUT2D eigenvalue weighted by molar-refractivity contribution is 9.11. The van der Waals surface area contributed by atoms with E-state index in [1.165, 1.54) is 11.0 Å². The molecule has 1 amide bonds. The number of sulfonamides is 1. The van der Waals surface area contributed by atoms with Crippen LogP contribution in [0, 0.1) is 18.4 Å². The van der Waals surface area contributed by atoms with Crippen LogP contribution < -0.4 is 10.0 Å². The van der Waals surface area contributed by atoms with Crippen molar-refractivity contribution >= 4 is 47.8 Å². The molecule has 1 saturated heterocycles. The van der Waals surface area contributed by atoms with Gasteiger partial charge in [-0.3, -0.25) is 4.79 Å². The van der Waals surface area contributed by atoms with Crippen molar-refractivity contribution in [3.63, 3.8) is 0 Å². The maximum atomic E-state index is 12.8. The molecular weight excluding hydrogens is 536 g/mol. The lowest BCUT2D eigenvalue weighted by atomic mass is 10.1. The third-order valence-corrected chi connectivity index (χ3v) is 7.83. The highest BCUT2D eigenvalue weighted by Crippen LogP contribution is 2.27. The van der Waals surface area contributed by atoms with Gasteiger partial charge in [-0.25, -0.2) is 13.1 Å². The largest absolute Gasteiger partial charge is 0.350 e. The first-order valence-corrected chi connectivity index (χ1v) is 12.2. The maximum Gasteiger partial charge on any atom is 0.251 e. The number of nitrogens with zero attached hydrogens (tertiary/aromatic N) is 2. The van der Waals surface area contributed by atoms with Crippen LogP contribution in [-0.2, 0) is 10.0 Å². The number of hydrogen-bond donors (Lipinski definition) is 2. The Balaban J connectivity index is 1.65. The van der Waals surface area contributed by atoms with Gasteiger partial charge in [0.25, 0.3) is 5.91 Å². The molecule has 0 aromatic heterocycles. The van der Waals surface area contributed by atoms with E-state index in [1.54, 1.807) is 24.3 Å². The first-order valence-electron chi connectivity index (χ1n) is 9.18. The maximum absolute atomic E-state index is 12.8. The van der Waals surface area contributed by atoms with Gasteiger partial charge in [-0.05, 0) is 59.6 Å². The molecule has 2 aromatic carbocycles. The Morgan fingerprint density at radius 3 is 2.73 bits per heavy atom. The second kappa shape index (κ2) is 9.47. The molecule has 0 unspecified atom stereocenters. The second-order valence-electron chi connectivity index (χ2n) is 7.11. The van der Waals surface area contributed by atoms with Gasteiger partial charge in [-0.1, -0.05) is 33.6 Å². The predicted molar refractivity (Wildman–Crippen MR) is 120 cm³/mol. The minimum Gasteiger partial charge on any atom is -0.350 e. The number of hydrogen-bond acceptors (Lipinski definition) is 5. The van der Waals surface area contributed by atoms with Crippen molar-refractivity contribution in [2.24, 2.45) is 0 Å². The average Bonchev–Trinajstić information content (AvgIpc) is 3.08. The lowest BCUT2D eigenvalue weighted by molar-refractivity contribution is 0.0945. The molecule has 0 saturated carbocycles. The number of carbonyl (C=O) groups is 1. The molecule has 0 bridgehead atoms. The van der Waals surface area contributed by atoms with Crippen LogP contribution in [0.1, 0.15) is 22.3 Å². The summed E-state index contributed by atoms with van der Waals surface area (Å²) in [6, 6.07) is 11.4. The normalized spacial score (nSPS) is 18.8. The third-order valence-electron chi connectivity index (χ3n) is 4.83. The molecule has 10 heteroatoms. The van der Waals surface area contributed by atoms with Crippen molar-refractivity contribution in [2.45, 2.75) is 30.3 Å². The summed E-state index contributed by atoms with van der Waals surface area (Å²) in [5.41, 5.74) is 1.53. The standard InChI is InChI=1S/C20H20Br2N4O3S/c1-13-3-2-4-14(7-13)20(27)24-10-17-9-16(11-26(17)12-23)25-30(28,29)19-8-15(21)5-6-18(19)22/h2-8,16-17,25H,9-11H2,1H3,(H,24,27)/t16-,17-/m1/s1. The predicted octanol–water partition coefficient (Wildman–Crippen LogP) is 3.15. The second-order valence-corrected chi connectivity index (χ2v) is 10.6. The molecule has 7 nitrogen and oxygen atoms in total. The Morgan fingerprint density at radius 2 is 2.03 bits per heavy atom. The summed E-state index contributed by atoms with van der Waals surface area (Å²) >= 11 is 6.56. The summed E-state index contributed by atoms with van der Waals surface area (Å²) in [4.78, 5) is 14.0. The summed E-state index contributed by atoms with van der Waals surface area (Å²) in [7, 11) is -3.78. The van der Waals surface area contributed by atoms with Gasteiger partial charge >= 0.3 is 0 Å². The van der Waals surface area contributed by atoms with Crippen LogP contribution in [0.15, 0.2) is 56.3 Å². The molecule has 1 fully saturated rings. The molecule has 0 radical (unpaired) electrons. The zero-order valence-corrected chi connectivity index (χ0v) is 20.1. The van der Waals surface area contributed by atoms with E-state index < -0.39 is 16.1 Å². The van der Waals surface area contributed by atoms with Crippen LogP contribution >= 0.6 is 31.9 Å². The molecule has 0 aliphatic carbocycles. The monoisotopic (exact) mass is 554 g/mol. The summed E-state index contributed by atoms with van der Waals surface area (Å²) < 4.78 is 29.4. The molecule has 0 spiro atoms. The Bertz CT molecular complexity index is 1100. The van der Waals surface area contributed by atoms with Crippen molar-refractivity contribution in [3.05, 3.63) is 62.5 Å². The lowest BCUT2D eigenvalue weighted by Gasteiger charge is -2.18. The number of amides is 1. The van der Waals surface area contributed by atoms with E-state index >= 15 is 0 Å². The molecule has 2 N–H and O–H groups in total. The number of nitrogens with one attached hydrogen (secondary N) is 2. The molecule has 3 rings (SSSR count). The first kappa shape index (κ1) is 22.7. The molecule has 158 valence electrons. The van der Waals surface area contributed by atoms with E-state index in [2.05, 4.69) is 48.1 Å².